The fraction of sp³-hybridized carbons (Fsp3) is 0.364. The molecule has 0 saturated carbocycles. The Bertz CT molecular complexity index is 435. The quantitative estimate of drug-likeness (QED) is 0.749. The summed E-state index contributed by atoms with van der Waals surface area (Å²) in [5.74, 6) is -1.07. The molecular formula is C11H12Cl3NO3. The third kappa shape index (κ3) is 3.20. The first kappa shape index (κ1) is 15.4. The van der Waals surface area contributed by atoms with E-state index in [1.165, 1.54) is 6.07 Å². The second-order valence-electron chi connectivity index (χ2n) is 3.64. The minimum absolute atomic E-state index is 0.0633. The normalized spacial score (nSPS) is 12.3. The minimum Gasteiger partial charge on any atom is -0.505 e. The largest absolute Gasteiger partial charge is 0.505 e. The average molecular weight is 313 g/mol. The Morgan fingerprint density at radius 1 is 1.39 bits per heavy atom. The van der Waals surface area contributed by atoms with Crippen molar-refractivity contribution in [1.29, 1.82) is 0 Å². The fourth-order valence-electron chi connectivity index (χ4n) is 1.33. The van der Waals surface area contributed by atoms with E-state index < -0.39 is 17.7 Å². The number of carbonyl (C=O) groups excluding carboxylic acids is 1. The molecule has 1 unspecified atom stereocenters. The molecule has 0 heterocycles. The maximum Gasteiger partial charge on any atom is 0.256 e. The van der Waals surface area contributed by atoms with Gasteiger partial charge < -0.3 is 15.5 Å². The summed E-state index contributed by atoms with van der Waals surface area (Å²) in [6, 6.07) is 0.826. The molecule has 18 heavy (non-hydrogen) atoms. The molecule has 4 nitrogen and oxygen atoms in total. The van der Waals surface area contributed by atoms with Gasteiger partial charge in [0, 0.05) is 0 Å². The topological polar surface area (TPSA) is 69.6 Å². The van der Waals surface area contributed by atoms with Crippen molar-refractivity contribution >= 4 is 40.7 Å². The van der Waals surface area contributed by atoms with Gasteiger partial charge in [-0.15, -0.1) is 0 Å². The molecule has 0 fully saturated rings. The standard InChI is InChI=1S/C11H12Cl3NO3/c1-2-5(4-16)15-11(18)8-9(14)6(12)3-7(13)10(8)17/h3,5,16-17H,2,4H2,1H3,(H,15,18). The summed E-state index contributed by atoms with van der Waals surface area (Å²) in [5.41, 5.74) is -0.193. The second-order valence-corrected chi connectivity index (χ2v) is 4.83. The van der Waals surface area contributed by atoms with Crippen molar-refractivity contribution in [1.82, 2.24) is 5.32 Å². The lowest BCUT2D eigenvalue weighted by Crippen LogP contribution is -2.37. The van der Waals surface area contributed by atoms with Gasteiger partial charge in [0.25, 0.3) is 5.91 Å². The van der Waals surface area contributed by atoms with Crippen LogP contribution in [0.5, 0.6) is 5.75 Å². The summed E-state index contributed by atoms with van der Waals surface area (Å²) in [5, 5.41) is 21.2. The predicted octanol–water partition coefficient (Wildman–Crippen LogP) is 2.85. The monoisotopic (exact) mass is 311 g/mol. The van der Waals surface area contributed by atoms with Crippen LogP contribution in [0.15, 0.2) is 6.07 Å². The highest BCUT2D eigenvalue weighted by molar-refractivity contribution is 6.45. The molecule has 0 saturated heterocycles. The summed E-state index contributed by atoms with van der Waals surface area (Å²) in [7, 11) is 0. The lowest BCUT2D eigenvalue weighted by atomic mass is 10.1. The van der Waals surface area contributed by atoms with Crippen LogP contribution in [-0.4, -0.2) is 28.8 Å². The maximum absolute atomic E-state index is 11.9. The Balaban J connectivity index is 3.13. The number of amides is 1. The first-order chi connectivity index (χ1) is 8.42. The van der Waals surface area contributed by atoms with E-state index in [9.17, 15) is 9.90 Å². The molecule has 0 bridgehead atoms. The lowest BCUT2D eigenvalue weighted by molar-refractivity contribution is 0.0912. The lowest BCUT2D eigenvalue weighted by Gasteiger charge is -2.16. The maximum atomic E-state index is 11.9. The van der Waals surface area contributed by atoms with Gasteiger partial charge in [0.05, 0.1) is 27.7 Å². The molecule has 1 rings (SSSR count). The van der Waals surface area contributed by atoms with E-state index in [0.29, 0.717) is 6.42 Å². The van der Waals surface area contributed by atoms with Crippen LogP contribution in [0.4, 0.5) is 0 Å². The highest BCUT2D eigenvalue weighted by atomic mass is 35.5. The zero-order valence-electron chi connectivity index (χ0n) is 9.51. The number of hydrogen-bond donors (Lipinski definition) is 3. The summed E-state index contributed by atoms with van der Waals surface area (Å²) >= 11 is 17.4. The first-order valence-electron chi connectivity index (χ1n) is 5.20. The number of aliphatic hydroxyl groups excluding tert-OH is 1. The number of aromatic hydroxyl groups is 1. The number of aliphatic hydroxyl groups is 1. The van der Waals surface area contributed by atoms with Crippen molar-refractivity contribution in [3.05, 3.63) is 26.7 Å². The molecule has 7 heteroatoms. The van der Waals surface area contributed by atoms with E-state index in [1.807, 2.05) is 0 Å². The van der Waals surface area contributed by atoms with Crippen molar-refractivity contribution in [2.24, 2.45) is 0 Å². The Labute approximate surface area is 119 Å². The average Bonchev–Trinajstić information content (AvgIpc) is 2.33. The van der Waals surface area contributed by atoms with Crippen LogP contribution < -0.4 is 5.32 Å². The number of hydrogen-bond acceptors (Lipinski definition) is 3. The Morgan fingerprint density at radius 2 is 2.00 bits per heavy atom. The molecular weight excluding hydrogens is 300 g/mol. The molecule has 1 aromatic rings. The number of rotatable bonds is 4. The summed E-state index contributed by atoms with van der Waals surface area (Å²) < 4.78 is 0. The molecule has 0 spiro atoms. The van der Waals surface area contributed by atoms with Gasteiger partial charge in [0.1, 0.15) is 11.3 Å². The smallest absolute Gasteiger partial charge is 0.256 e. The molecule has 0 radical (unpaired) electrons. The zero-order valence-corrected chi connectivity index (χ0v) is 11.8. The molecule has 0 aromatic heterocycles. The third-order valence-electron chi connectivity index (χ3n) is 2.42. The van der Waals surface area contributed by atoms with Crippen molar-refractivity contribution in [2.45, 2.75) is 19.4 Å². The van der Waals surface area contributed by atoms with Crippen molar-refractivity contribution in [3.8, 4) is 5.75 Å². The Morgan fingerprint density at radius 3 is 2.50 bits per heavy atom. The summed E-state index contributed by atoms with van der Waals surface area (Å²) in [4.78, 5) is 11.9. The Kier molecular flexibility index (Phi) is 5.53. The second kappa shape index (κ2) is 6.48. The predicted molar refractivity (Wildman–Crippen MR) is 71.8 cm³/mol. The van der Waals surface area contributed by atoms with E-state index in [0.717, 1.165) is 0 Å². The van der Waals surface area contributed by atoms with E-state index >= 15 is 0 Å². The van der Waals surface area contributed by atoms with E-state index in [-0.39, 0.29) is 27.2 Å². The first-order valence-corrected chi connectivity index (χ1v) is 6.33. The SMILES string of the molecule is CCC(CO)NC(=O)c1c(O)c(Cl)cc(Cl)c1Cl. The van der Waals surface area contributed by atoms with Gasteiger partial charge in [-0.1, -0.05) is 41.7 Å². The van der Waals surface area contributed by atoms with E-state index in [4.69, 9.17) is 39.9 Å². The van der Waals surface area contributed by atoms with E-state index in [1.54, 1.807) is 6.92 Å². The Hall–Kier alpha value is -0.680. The van der Waals surface area contributed by atoms with Crippen LogP contribution in [0.2, 0.25) is 15.1 Å². The number of nitrogens with one attached hydrogen (secondary N) is 1. The van der Waals surface area contributed by atoms with Gasteiger partial charge in [-0.3, -0.25) is 4.79 Å². The number of carbonyl (C=O) groups is 1. The number of phenolic OH excluding ortho intramolecular Hbond substituents is 1. The summed E-state index contributed by atoms with van der Waals surface area (Å²) in [6.07, 6.45) is 0.537. The van der Waals surface area contributed by atoms with Crippen LogP contribution in [0.25, 0.3) is 0 Å². The third-order valence-corrected chi connectivity index (χ3v) is 3.50. The zero-order chi connectivity index (χ0) is 13.9. The molecule has 3 N–H and O–H groups in total. The van der Waals surface area contributed by atoms with E-state index in [2.05, 4.69) is 5.32 Å². The van der Waals surface area contributed by atoms with Crippen molar-refractivity contribution in [2.75, 3.05) is 6.61 Å². The van der Waals surface area contributed by atoms with Gasteiger partial charge >= 0.3 is 0 Å². The number of phenols is 1. The molecule has 1 aromatic carbocycles. The van der Waals surface area contributed by atoms with Crippen LogP contribution in [0, 0.1) is 0 Å². The molecule has 1 amide bonds. The molecule has 0 aliphatic carbocycles. The highest BCUT2D eigenvalue weighted by Gasteiger charge is 2.22. The van der Waals surface area contributed by atoms with Crippen molar-refractivity contribution in [3.63, 3.8) is 0 Å². The number of benzene rings is 1. The van der Waals surface area contributed by atoms with Gasteiger partial charge in [0.2, 0.25) is 0 Å². The van der Waals surface area contributed by atoms with Gasteiger partial charge in [-0.2, -0.15) is 0 Å². The van der Waals surface area contributed by atoms with Crippen LogP contribution in [0.1, 0.15) is 23.7 Å². The van der Waals surface area contributed by atoms with Gasteiger partial charge in [0.15, 0.2) is 0 Å². The summed E-state index contributed by atoms with van der Waals surface area (Å²) in [6.45, 7) is 1.59. The van der Waals surface area contributed by atoms with Crippen LogP contribution >= 0.6 is 34.8 Å². The molecule has 0 aliphatic heterocycles. The highest BCUT2D eigenvalue weighted by Crippen LogP contribution is 2.38. The number of halogens is 3. The fourth-order valence-corrected chi connectivity index (χ4v) is 2.02. The molecule has 100 valence electrons. The van der Waals surface area contributed by atoms with Crippen LogP contribution in [-0.2, 0) is 0 Å². The minimum atomic E-state index is -0.636. The molecule has 1 atom stereocenters. The van der Waals surface area contributed by atoms with Gasteiger partial charge in [-0.05, 0) is 12.5 Å². The molecule has 0 aliphatic rings. The van der Waals surface area contributed by atoms with Crippen molar-refractivity contribution < 1.29 is 15.0 Å². The van der Waals surface area contributed by atoms with Gasteiger partial charge in [-0.25, -0.2) is 0 Å². The van der Waals surface area contributed by atoms with Crippen LogP contribution in [0.3, 0.4) is 0 Å².